The standard InChI is InChI=1S/C21H25FN6O/c1-13-8-14-11-24-28(18(14)9-16(13)15-4-5-23-12-17(15)22)20-10-19(27-6-3-7-27)25-21(26-20)29-2/h8-11,15,17,23H,3-7,12H2,1-2H3. The first-order chi connectivity index (χ1) is 14.1. The molecular weight excluding hydrogens is 371 g/mol. The number of anilines is 1. The number of rotatable bonds is 4. The zero-order chi connectivity index (χ0) is 20.0. The Morgan fingerprint density at radius 3 is 2.72 bits per heavy atom. The number of halogens is 1. The van der Waals surface area contributed by atoms with Gasteiger partial charge in [-0.2, -0.15) is 15.1 Å². The number of piperidine rings is 1. The smallest absolute Gasteiger partial charge is 0.320 e. The first kappa shape index (κ1) is 18.3. The third-order valence-corrected chi connectivity index (χ3v) is 6.02. The maximum atomic E-state index is 14.6. The molecule has 2 atom stereocenters. The summed E-state index contributed by atoms with van der Waals surface area (Å²) < 4.78 is 21.8. The lowest BCUT2D eigenvalue weighted by Crippen LogP contribution is -2.37. The van der Waals surface area contributed by atoms with Crippen molar-refractivity contribution in [3.63, 3.8) is 0 Å². The van der Waals surface area contributed by atoms with E-state index in [1.165, 1.54) is 0 Å². The first-order valence-corrected chi connectivity index (χ1v) is 10.2. The van der Waals surface area contributed by atoms with E-state index in [2.05, 4.69) is 44.3 Å². The van der Waals surface area contributed by atoms with Gasteiger partial charge in [0, 0.05) is 37.0 Å². The quantitative estimate of drug-likeness (QED) is 0.731. The van der Waals surface area contributed by atoms with Gasteiger partial charge >= 0.3 is 6.01 Å². The van der Waals surface area contributed by atoms with Crippen LogP contribution >= 0.6 is 0 Å². The second kappa shape index (κ2) is 7.26. The molecule has 0 spiro atoms. The highest BCUT2D eigenvalue weighted by Gasteiger charge is 2.28. The zero-order valence-corrected chi connectivity index (χ0v) is 16.7. The highest BCUT2D eigenvalue weighted by Crippen LogP contribution is 2.33. The van der Waals surface area contributed by atoms with Crippen molar-refractivity contribution in [2.75, 3.05) is 38.2 Å². The molecule has 3 aromatic rings. The molecule has 0 radical (unpaired) electrons. The molecule has 8 heteroatoms. The number of benzene rings is 1. The summed E-state index contributed by atoms with van der Waals surface area (Å²) in [7, 11) is 1.57. The molecule has 2 unspecified atom stereocenters. The Morgan fingerprint density at radius 2 is 2.00 bits per heavy atom. The molecule has 2 aromatic heterocycles. The summed E-state index contributed by atoms with van der Waals surface area (Å²) in [6, 6.07) is 6.44. The van der Waals surface area contributed by atoms with Crippen molar-refractivity contribution >= 4 is 16.7 Å². The van der Waals surface area contributed by atoms with Gasteiger partial charge in [0.2, 0.25) is 0 Å². The van der Waals surface area contributed by atoms with Crippen molar-refractivity contribution in [2.45, 2.75) is 31.9 Å². The van der Waals surface area contributed by atoms with Gasteiger partial charge in [-0.15, -0.1) is 0 Å². The predicted molar refractivity (Wildman–Crippen MR) is 110 cm³/mol. The van der Waals surface area contributed by atoms with Crippen molar-refractivity contribution < 1.29 is 9.13 Å². The predicted octanol–water partition coefficient (Wildman–Crippen LogP) is 2.76. The molecule has 4 heterocycles. The number of alkyl halides is 1. The van der Waals surface area contributed by atoms with Gasteiger partial charge < -0.3 is 15.0 Å². The van der Waals surface area contributed by atoms with E-state index in [1.54, 1.807) is 11.8 Å². The minimum Gasteiger partial charge on any atom is -0.467 e. The number of nitrogens with one attached hydrogen (secondary N) is 1. The van der Waals surface area contributed by atoms with E-state index in [0.29, 0.717) is 18.4 Å². The number of aromatic nitrogens is 4. The van der Waals surface area contributed by atoms with Crippen molar-refractivity contribution in [3.8, 4) is 11.8 Å². The molecule has 0 aliphatic carbocycles. The molecule has 2 saturated heterocycles. The van der Waals surface area contributed by atoms with Gasteiger partial charge in [-0.05, 0) is 49.6 Å². The molecule has 29 heavy (non-hydrogen) atoms. The van der Waals surface area contributed by atoms with Crippen LogP contribution in [0.3, 0.4) is 0 Å². The van der Waals surface area contributed by atoms with Gasteiger partial charge in [0.25, 0.3) is 0 Å². The molecule has 1 aromatic carbocycles. The lowest BCUT2D eigenvalue weighted by Gasteiger charge is -2.32. The number of fused-ring (bicyclic) bond motifs is 1. The van der Waals surface area contributed by atoms with Crippen LogP contribution in [0.4, 0.5) is 10.2 Å². The maximum absolute atomic E-state index is 14.6. The van der Waals surface area contributed by atoms with E-state index in [9.17, 15) is 4.39 Å². The Labute approximate surface area is 168 Å². The lowest BCUT2D eigenvalue weighted by atomic mass is 9.85. The van der Waals surface area contributed by atoms with Gasteiger partial charge in [-0.1, -0.05) is 0 Å². The van der Waals surface area contributed by atoms with E-state index < -0.39 is 6.17 Å². The van der Waals surface area contributed by atoms with E-state index in [-0.39, 0.29) is 5.92 Å². The van der Waals surface area contributed by atoms with Crippen LogP contribution < -0.4 is 15.0 Å². The van der Waals surface area contributed by atoms with Crippen LogP contribution in [0.15, 0.2) is 24.4 Å². The van der Waals surface area contributed by atoms with Crippen LogP contribution in [0.25, 0.3) is 16.7 Å². The molecule has 7 nitrogen and oxygen atoms in total. The normalized spacial score (nSPS) is 22.0. The summed E-state index contributed by atoms with van der Waals surface area (Å²) in [6.07, 6.45) is 2.91. The number of aryl methyl sites for hydroxylation is 1. The van der Waals surface area contributed by atoms with Crippen molar-refractivity contribution in [1.82, 2.24) is 25.1 Å². The van der Waals surface area contributed by atoms with Gasteiger partial charge in [-0.25, -0.2) is 9.07 Å². The van der Waals surface area contributed by atoms with Crippen LogP contribution in [-0.2, 0) is 0 Å². The number of methoxy groups -OCH3 is 1. The molecule has 2 aliphatic heterocycles. The number of hydrogen-bond acceptors (Lipinski definition) is 6. The Hall–Kier alpha value is -2.74. The fourth-order valence-electron chi connectivity index (χ4n) is 4.27. The Balaban J connectivity index is 1.61. The van der Waals surface area contributed by atoms with Crippen LogP contribution in [0.2, 0.25) is 0 Å². The SMILES string of the molecule is COc1nc(N2CCC2)cc(-n2ncc3cc(C)c(C4CCNCC4F)cc32)n1. The zero-order valence-electron chi connectivity index (χ0n) is 16.7. The van der Waals surface area contributed by atoms with Crippen molar-refractivity contribution in [1.29, 1.82) is 0 Å². The molecule has 0 saturated carbocycles. The number of hydrogen-bond donors (Lipinski definition) is 1. The summed E-state index contributed by atoms with van der Waals surface area (Å²) in [5, 5.41) is 8.73. The van der Waals surface area contributed by atoms with Crippen LogP contribution in [-0.4, -0.2) is 59.2 Å². The highest BCUT2D eigenvalue weighted by atomic mass is 19.1. The minimum absolute atomic E-state index is 0.0967. The van der Waals surface area contributed by atoms with Gasteiger partial charge in [0.05, 0.1) is 18.8 Å². The highest BCUT2D eigenvalue weighted by molar-refractivity contribution is 5.82. The number of nitrogens with zero attached hydrogens (tertiary/aromatic N) is 5. The fourth-order valence-corrected chi connectivity index (χ4v) is 4.27. The minimum atomic E-state index is -0.881. The summed E-state index contributed by atoms with van der Waals surface area (Å²) >= 11 is 0. The molecule has 5 rings (SSSR count). The summed E-state index contributed by atoms with van der Waals surface area (Å²) in [5.74, 6) is 1.41. The van der Waals surface area contributed by atoms with E-state index >= 15 is 0 Å². The topological polar surface area (TPSA) is 68.1 Å². The molecule has 2 fully saturated rings. The molecular formula is C21H25FN6O. The monoisotopic (exact) mass is 396 g/mol. The Bertz CT molecular complexity index is 1050. The second-order valence-corrected chi connectivity index (χ2v) is 7.85. The summed E-state index contributed by atoms with van der Waals surface area (Å²) in [4.78, 5) is 11.2. The van der Waals surface area contributed by atoms with Gasteiger partial charge in [0.1, 0.15) is 12.0 Å². The average Bonchev–Trinajstić information content (AvgIpc) is 3.09. The summed E-state index contributed by atoms with van der Waals surface area (Å²) in [6.45, 7) is 5.26. The molecule has 2 aliphatic rings. The molecule has 0 bridgehead atoms. The summed E-state index contributed by atoms with van der Waals surface area (Å²) in [5.41, 5.74) is 3.08. The average molecular weight is 396 g/mol. The van der Waals surface area contributed by atoms with Gasteiger partial charge in [-0.3, -0.25) is 0 Å². The Morgan fingerprint density at radius 1 is 1.17 bits per heavy atom. The second-order valence-electron chi connectivity index (χ2n) is 7.85. The molecule has 1 N–H and O–H groups in total. The van der Waals surface area contributed by atoms with E-state index in [4.69, 9.17) is 4.74 Å². The third kappa shape index (κ3) is 3.21. The van der Waals surface area contributed by atoms with Crippen molar-refractivity contribution in [2.24, 2.45) is 0 Å². The van der Waals surface area contributed by atoms with E-state index in [0.717, 1.165) is 60.3 Å². The first-order valence-electron chi connectivity index (χ1n) is 10.2. The number of ether oxygens (including phenoxy) is 1. The maximum Gasteiger partial charge on any atom is 0.320 e. The fraction of sp³-hybridized carbons (Fsp3) is 0.476. The van der Waals surface area contributed by atoms with Crippen molar-refractivity contribution in [3.05, 3.63) is 35.5 Å². The van der Waals surface area contributed by atoms with Crippen LogP contribution in [0, 0.1) is 6.92 Å². The molecule has 0 amide bonds. The Kier molecular flexibility index (Phi) is 4.58. The largest absolute Gasteiger partial charge is 0.467 e. The van der Waals surface area contributed by atoms with Crippen LogP contribution in [0.1, 0.15) is 29.9 Å². The van der Waals surface area contributed by atoms with E-state index in [1.807, 2.05) is 12.3 Å². The molecule has 152 valence electrons. The third-order valence-electron chi connectivity index (χ3n) is 6.02. The van der Waals surface area contributed by atoms with Gasteiger partial charge in [0.15, 0.2) is 5.82 Å². The lowest BCUT2D eigenvalue weighted by molar-refractivity contribution is 0.231. The van der Waals surface area contributed by atoms with Crippen LogP contribution in [0.5, 0.6) is 6.01 Å².